The van der Waals surface area contributed by atoms with Crippen LogP contribution in [0, 0.1) is 0 Å². The Kier molecular flexibility index (Phi) is 5.09. The normalized spacial score (nSPS) is 10.5. The molecule has 0 aliphatic rings. The number of nitrogens with zero attached hydrogens (tertiary/aromatic N) is 1. The first-order valence-corrected chi connectivity index (χ1v) is 7.34. The Morgan fingerprint density at radius 1 is 1.14 bits per heavy atom. The molecule has 0 amide bonds. The van der Waals surface area contributed by atoms with E-state index in [1.165, 1.54) is 0 Å². The molecular formula is C17H22N2O3. The number of nitrogens with two attached hydrogens (primary N) is 1. The van der Waals surface area contributed by atoms with Crippen LogP contribution < -0.4 is 20.8 Å². The minimum Gasteiger partial charge on any atom is -0.497 e. The minimum absolute atomic E-state index is 0.171. The highest BCUT2D eigenvalue weighted by Gasteiger charge is 2.14. The average molecular weight is 302 g/mol. The lowest BCUT2D eigenvalue weighted by atomic mass is 10.1. The molecule has 0 saturated carbocycles. The van der Waals surface area contributed by atoms with Crippen LogP contribution in [0.1, 0.15) is 19.8 Å². The summed E-state index contributed by atoms with van der Waals surface area (Å²) < 4.78 is 12.4. The van der Waals surface area contributed by atoms with Gasteiger partial charge >= 0.3 is 0 Å². The smallest absolute Gasteiger partial charge is 0.274 e. The zero-order valence-corrected chi connectivity index (χ0v) is 13.3. The third-order valence-electron chi connectivity index (χ3n) is 3.62. The van der Waals surface area contributed by atoms with Crippen LogP contribution >= 0.6 is 0 Å². The predicted molar refractivity (Wildman–Crippen MR) is 88.6 cm³/mol. The highest BCUT2D eigenvalue weighted by molar-refractivity contribution is 5.70. The summed E-state index contributed by atoms with van der Waals surface area (Å²) in [6.45, 7) is 2.71. The van der Waals surface area contributed by atoms with Gasteiger partial charge in [-0.15, -0.1) is 0 Å². The largest absolute Gasteiger partial charge is 0.497 e. The van der Waals surface area contributed by atoms with Gasteiger partial charge in [0.05, 0.1) is 25.6 Å². The maximum atomic E-state index is 12.4. The molecule has 1 heterocycles. The van der Waals surface area contributed by atoms with Crippen LogP contribution in [0.4, 0.5) is 5.69 Å². The number of benzene rings is 1. The Bertz CT molecular complexity index is 708. The van der Waals surface area contributed by atoms with Gasteiger partial charge in [-0.05, 0) is 36.8 Å². The zero-order chi connectivity index (χ0) is 16.1. The fourth-order valence-corrected chi connectivity index (χ4v) is 2.38. The second kappa shape index (κ2) is 7.02. The van der Waals surface area contributed by atoms with E-state index in [1.54, 1.807) is 24.9 Å². The molecule has 1 aromatic carbocycles. The van der Waals surface area contributed by atoms with Gasteiger partial charge in [0.15, 0.2) is 0 Å². The quantitative estimate of drug-likeness (QED) is 0.891. The molecule has 0 fully saturated rings. The van der Waals surface area contributed by atoms with Crippen molar-refractivity contribution in [1.29, 1.82) is 0 Å². The summed E-state index contributed by atoms with van der Waals surface area (Å²) in [5.74, 6) is 1.40. The van der Waals surface area contributed by atoms with Crippen molar-refractivity contribution in [3.8, 4) is 22.8 Å². The molecule has 2 rings (SSSR count). The van der Waals surface area contributed by atoms with Crippen molar-refractivity contribution in [3.05, 3.63) is 40.7 Å². The third-order valence-corrected chi connectivity index (χ3v) is 3.62. The van der Waals surface area contributed by atoms with Crippen molar-refractivity contribution in [1.82, 2.24) is 4.57 Å². The molecule has 0 unspecified atom stereocenters. The number of aromatic nitrogens is 1. The summed E-state index contributed by atoms with van der Waals surface area (Å²) in [7, 11) is 3.22. The van der Waals surface area contributed by atoms with Crippen molar-refractivity contribution in [3.63, 3.8) is 0 Å². The molecule has 0 radical (unpaired) electrons. The van der Waals surface area contributed by atoms with Crippen LogP contribution in [0.15, 0.2) is 35.1 Å². The maximum absolute atomic E-state index is 12.4. The molecule has 2 N–H and O–H groups in total. The van der Waals surface area contributed by atoms with E-state index < -0.39 is 0 Å². The van der Waals surface area contributed by atoms with E-state index in [4.69, 9.17) is 15.2 Å². The van der Waals surface area contributed by atoms with E-state index in [9.17, 15) is 4.79 Å². The van der Waals surface area contributed by atoms with E-state index >= 15 is 0 Å². The van der Waals surface area contributed by atoms with Crippen molar-refractivity contribution in [2.45, 2.75) is 26.3 Å². The van der Waals surface area contributed by atoms with Gasteiger partial charge in [-0.1, -0.05) is 13.3 Å². The van der Waals surface area contributed by atoms with Crippen molar-refractivity contribution in [2.75, 3.05) is 20.0 Å². The Balaban J connectivity index is 2.66. The third kappa shape index (κ3) is 3.08. The number of unbranched alkanes of at least 4 members (excludes halogenated alkanes) is 1. The van der Waals surface area contributed by atoms with Crippen LogP contribution in [0.5, 0.6) is 11.5 Å². The molecular weight excluding hydrogens is 280 g/mol. The van der Waals surface area contributed by atoms with Gasteiger partial charge in [0.1, 0.15) is 11.5 Å². The number of methoxy groups -OCH3 is 2. The molecule has 5 nitrogen and oxygen atoms in total. The number of nitrogen functional groups attached to an aromatic ring is 1. The lowest BCUT2D eigenvalue weighted by Crippen LogP contribution is -2.24. The predicted octanol–water partition coefficient (Wildman–Crippen LogP) is 2.91. The summed E-state index contributed by atoms with van der Waals surface area (Å²) >= 11 is 0. The van der Waals surface area contributed by atoms with Gasteiger partial charge in [-0.2, -0.15) is 0 Å². The van der Waals surface area contributed by atoms with Gasteiger partial charge in [-0.3, -0.25) is 4.79 Å². The molecule has 0 bridgehead atoms. The van der Waals surface area contributed by atoms with E-state index in [-0.39, 0.29) is 11.2 Å². The Hall–Kier alpha value is -2.43. The number of pyridine rings is 1. The molecule has 0 saturated heterocycles. The summed E-state index contributed by atoms with van der Waals surface area (Å²) in [5, 5.41) is 0. The van der Waals surface area contributed by atoms with Crippen LogP contribution in [0.25, 0.3) is 11.3 Å². The molecule has 0 aliphatic heterocycles. The SMILES string of the molecule is CCCCn1c(-c2cc(OC)ccc2OC)ccc(N)c1=O. The summed E-state index contributed by atoms with van der Waals surface area (Å²) in [6.07, 6.45) is 1.90. The van der Waals surface area contributed by atoms with Gasteiger partial charge in [0.25, 0.3) is 5.56 Å². The number of rotatable bonds is 6. The van der Waals surface area contributed by atoms with Gasteiger partial charge in [-0.25, -0.2) is 0 Å². The lowest BCUT2D eigenvalue weighted by Gasteiger charge is -2.16. The second-order valence-corrected chi connectivity index (χ2v) is 5.05. The Morgan fingerprint density at radius 2 is 1.91 bits per heavy atom. The van der Waals surface area contributed by atoms with Gasteiger partial charge < -0.3 is 19.8 Å². The van der Waals surface area contributed by atoms with Crippen LogP contribution in [0.2, 0.25) is 0 Å². The van der Waals surface area contributed by atoms with E-state index in [0.717, 1.165) is 24.1 Å². The van der Waals surface area contributed by atoms with Crippen LogP contribution in [-0.2, 0) is 6.54 Å². The maximum Gasteiger partial charge on any atom is 0.274 e. The molecule has 0 atom stereocenters. The number of hydrogen-bond donors (Lipinski definition) is 1. The minimum atomic E-state index is -0.171. The van der Waals surface area contributed by atoms with E-state index in [2.05, 4.69) is 6.92 Å². The van der Waals surface area contributed by atoms with Crippen LogP contribution in [-0.4, -0.2) is 18.8 Å². The first kappa shape index (κ1) is 15.9. The summed E-state index contributed by atoms with van der Waals surface area (Å²) in [5.41, 5.74) is 7.45. The number of ether oxygens (including phenoxy) is 2. The first-order valence-electron chi connectivity index (χ1n) is 7.34. The standard InChI is InChI=1S/C17H22N2O3/c1-4-5-10-19-15(8-7-14(18)17(19)20)13-11-12(21-2)6-9-16(13)22-3/h6-9,11H,4-5,10,18H2,1-3H3. The molecule has 1 aromatic heterocycles. The van der Waals surface area contributed by atoms with E-state index in [0.29, 0.717) is 18.0 Å². The first-order chi connectivity index (χ1) is 10.6. The Morgan fingerprint density at radius 3 is 2.55 bits per heavy atom. The summed E-state index contributed by atoms with van der Waals surface area (Å²) in [4.78, 5) is 12.4. The number of anilines is 1. The van der Waals surface area contributed by atoms with Crippen molar-refractivity contribution in [2.24, 2.45) is 0 Å². The molecule has 5 heteroatoms. The molecule has 118 valence electrons. The lowest BCUT2D eigenvalue weighted by molar-refractivity contribution is 0.404. The second-order valence-electron chi connectivity index (χ2n) is 5.05. The van der Waals surface area contributed by atoms with Crippen LogP contribution in [0.3, 0.4) is 0 Å². The number of hydrogen-bond acceptors (Lipinski definition) is 4. The van der Waals surface area contributed by atoms with Gasteiger partial charge in [0, 0.05) is 12.1 Å². The van der Waals surface area contributed by atoms with Gasteiger partial charge in [0.2, 0.25) is 0 Å². The summed E-state index contributed by atoms with van der Waals surface area (Å²) in [6, 6.07) is 9.02. The van der Waals surface area contributed by atoms with E-state index in [1.807, 2.05) is 24.3 Å². The average Bonchev–Trinajstić information content (AvgIpc) is 2.55. The highest BCUT2D eigenvalue weighted by Crippen LogP contribution is 2.33. The fourth-order valence-electron chi connectivity index (χ4n) is 2.38. The Labute approximate surface area is 130 Å². The fraction of sp³-hybridized carbons (Fsp3) is 0.353. The molecule has 0 spiro atoms. The molecule has 2 aromatic rings. The molecule has 0 aliphatic carbocycles. The highest BCUT2D eigenvalue weighted by atomic mass is 16.5. The van der Waals surface area contributed by atoms with Crippen molar-refractivity contribution >= 4 is 5.69 Å². The molecule has 22 heavy (non-hydrogen) atoms. The van der Waals surface area contributed by atoms with Crippen molar-refractivity contribution < 1.29 is 9.47 Å². The topological polar surface area (TPSA) is 66.5 Å². The zero-order valence-electron chi connectivity index (χ0n) is 13.3. The monoisotopic (exact) mass is 302 g/mol.